The van der Waals surface area contributed by atoms with E-state index in [0.29, 0.717) is 18.0 Å². The molecule has 2 rings (SSSR count). The number of hydrogen-bond donors (Lipinski definition) is 1. The largest absolute Gasteiger partial charge is 0.488 e. The van der Waals surface area contributed by atoms with E-state index in [0.717, 1.165) is 11.3 Å². The molecular formula is C16H19NO4. The molecular weight excluding hydrogens is 270 g/mol. The van der Waals surface area contributed by atoms with Crippen LogP contribution in [0.1, 0.15) is 19.4 Å². The molecule has 1 aliphatic rings. The first-order chi connectivity index (χ1) is 10.1. The summed E-state index contributed by atoms with van der Waals surface area (Å²) in [6.07, 6.45) is 1.73. The number of hydrogen-bond acceptors (Lipinski definition) is 4. The molecule has 0 radical (unpaired) electrons. The van der Waals surface area contributed by atoms with Gasteiger partial charge >= 0.3 is 5.97 Å². The van der Waals surface area contributed by atoms with Crippen molar-refractivity contribution in [3.63, 3.8) is 0 Å². The van der Waals surface area contributed by atoms with Gasteiger partial charge in [-0.25, -0.2) is 4.79 Å². The van der Waals surface area contributed by atoms with E-state index in [1.807, 2.05) is 38.1 Å². The van der Waals surface area contributed by atoms with Crippen molar-refractivity contribution in [1.82, 2.24) is 5.32 Å². The van der Waals surface area contributed by atoms with Crippen LogP contribution < -0.4 is 10.1 Å². The Labute approximate surface area is 123 Å². The van der Waals surface area contributed by atoms with E-state index in [4.69, 9.17) is 9.47 Å². The van der Waals surface area contributed by atoms with Gasteiger partial charge in [0.05, 0.1) is 5.57 Å². The van der Waals surface area contributed by atoms with Crippen LogP contribution >= 0.6 is 0 Å². The quantitative estimate of drug-likeness (QED) is 0.839. The maximum Gasteiger partial charge on any atom is 0.338 e. The average molecular weight is 289 g/mol. The van der Waals surface area contributed by atoms with Gasteiger partial charge in [0.2, 0.25) is 0 Å². The van der Waals surface area contributed by atoms with E-state index in [9.17, 15) is 9.59 Å². The van der Waals surface area contributed by atoms with Gasteiger partial charge in [-0.15, -0.1) is 0 Å². The van der Waals surface area contributed by atoms with E-state index in [2.05, 4.69) is 5.32 Å². The summed E-state index contributed by atoms with van der Waals surface area (Å²) >= 11 is 0. The third-order valence-electron chi connectivity index (χ3n) is 2.94. The summed E-state index contributed by atoms with van der Waals surface area (Å²) in [6, 6.07) is 7.44. The van der Waals surface area contributed by atoms with Gasteiger partial charge in [-0.3, -0.25) is 4.79 Å². The highest BCUT2D eigenvalue weighted by Gasteiger charge is 2.19. The lowest BCUT2D eigenvalue weighted by Gasteiger charge is -2.17. The monoisotopic (exact) mass is 289 g/mol. The lowest BCUT2D eigenvalue weighted by atomic mass is 10.1. The first-order valence-electron chi connectivity index (χ1n) is 6.92. The van der Waals surface area contributed by atoms with E-state index >= 15 is 0 Å². The van der Waals surface area contributed by atoms with Crippen LogP contribution in [0.2, 0.25) is 0 Å². The van der Waals surface area contributed by atoms with Crippen molar-refractivity contribution < 1.29 is 19.1 Å². The molecule has 112 valence electrons. The lowest BCUT2D eigenvalue weighted by molar-refractivity contribution is -0.145. The first-order valence-corrected chi connectivity index (χ1v) is 6.92. The Hall–Kier alpha value is -2.30. The van der Waals surface area contributed by atoms with Crippen molar-refractivity contribution >= 4 is 18.0 Å². The third kappa shape index (κ3) is 4.34. The Morgan fingerprint density at radius 1 is 1.33 bits per heavy atom. The zero-order chi connectivity index (χ0) is 15.2. The summed E-state index contributed by atoms with van der Waals surface area (Å²) in [5, 5.41) is 2.69. The van der Waals surface area contributed by atoms with Crippen molar-refractivity contribution in [1.29, 1.82) is 0 Å². The Kier molecular flexibility index (Phi) is 4.98. The van der Waals surface area contributed by atoms with Crippen LogP contribution in [0.15, 0.2) is 29.8 Å². The number of esters is 1. The standard InChI is InChI=1S/C16H19NO4/c1-11(2)8-17-15(18)10-21-16(19)13-7-12-5-3-4-6-14(12)20-9-13/h3-7,11H,8-10H2,1-2H3,(H,17,18). The fourth-order valence-electron chi connectivity index (χ4n) is 1.83. The number of carbonyl (C=O) groups is 2. The molecule has 1 aliphatic heterocycles. The third-order valence-corrected chi connectivity index (χ3v) is 2.94. The van der Waals surface area contributed by atoms with Crippen molar-refractivity contribution in [2.45, 2.75) is 13.8 Å². The molecule has 0 aromatic heterocycles. The molecule has 5 nitrogen and oxygen atoms in total. The minimum atomic E-state index is -0.524. The van der Waals surface area contributed by atoms with E-state index in [-0.39, 0.29) is 19.1 Å². The second kappa shape index (κ2) is 6.92. The number of benzene rings is 1. The van der Waals surface area contributed by atoms with Gasteiger partial charge in [-0.1, -0.05) is 32.0 Å². The van der Waals surface area contributed by atoms with Crippen molar-refractivity contribution in [3.05, 3.63) is 35.4 Å². The van der Waals surface area contributed by atoms with Gasteiger partial charge in [0.15, 0.2) is 6.61 Å². The fraction of sp³-hybridized carbons (Fsp3) is 0.375. The minimum absolute atomic E-state index is 0.156. The van der Waals surface area contributed by atoms with E-state index in [1.54, 1.807) is 6.08 Å². The molecule has 21 heavy (non-hydrogen) atoms. The second-order valence-electron chi connectivity index (χ2n) is 5.27. The summed E-state index contributed by atoms with van der Waals surface area (Å²) < 4.78 is 10.5. The zero-order valence-electron chi connectivity index (χ0n) is 12.2. The Morgan fingerprint density at radius 2 is 2.10 bits per heavy atom. The smallest absolute Gasteiger partial charge is 0.338 e. The number of para-hydroxylation sites is 1. The molecule has 0 fully saturated rings. The number of carbonyl (C=O) groups excluding carboxylic acids is 2. The van der Waals surface area contributed by atoms with Gasteiger partial charge < -0.3 is 14.8 Å². The van der Waals surface area contributed by atoms with E-state index < -0.39 is 5.97 Å². The molecule has 0 bridgehead atoms. The van der Waals surface area contributed by atoms with Gasteiger partial charge in [0, 0.05) is 12.1 Å². The van der Waals surface area contributed by atoms with Crippen LogP contribution in [0, 0.1) is 5.92 Å². The highest BCUT2D eigenvalue weighted by atomic mass is 16.5. The SMILES string of the molecule is CC(C)CNC(=O)COC(=O)C1=Cc2ccccc2OC1. The van der Waals surface area contributed by atoms with Crippen LogP contribution in [0.3, 0.4) is 0 Å². The lowest BCUT2D eigenvalue weighted by Crippen LogP contribution is -2.32. The number of amides is 1. The summed E-state index contributed by atoms with van der Waals surface area (Å²) in [5.74, 6) is 0.276. The minimum Gasteiger partial charge on any atom is -0.488 e. The van der Waals surface area contributed by atoms with Gasteiger partial charge in [0.25, 0.3) is 5.91 Å². The molecule has 0 aliphatic carbocycles. The summed E-state index contributed by atoms with van der Waals surface area (Å²) in [4.78, 5) is 23.4. The first kappa shape index (κ1) is 15.1. The maximum atomic E-state index is 11.9. The molecule has 1 aromatic rings. The predicted octanol–water partition coefficient (Wildman–Crippen LogP) is 1.78. The van der Waals surface area contributed by atoms with Gasteiger partial charge in [-0.05, 0) is 18.1 Å². The number of fused-ring (bicyclic) bond motifs is 1. The van der Waals surface area contributed by atoms with Crippen molar-refractivity contribution in [2.24, 2.45) is 5.92 Å². The van der Waals surface area contributed by atoms with Gasteiger partial charge in [-0.2, -0.15) is 0 Å². The predicted molar refractivity (Wildman–Crippen MR) is 78.7 cm³/mol. The highest BCUT2D eigenvalue weighted by Crippen LogP contribution is 2.25. The molecule has 0 saturated carbocycles. The summed E-state index contributed by atoms with van der Waals surface area (Å²) in [7, 11) is 0. The normalized spacial score (nSPS) is 13.0. The average Bonchev–Trinajstić information content (AvgIpc) is 2.50. The molecule has 1 heterocycles. The van der Waals surface area contributed by atoms with E-state index in [1.165, 1.54) is 0 Å². The second-order valence-corrected chi connectivity index (χ2v) is 5.27. The molecule has 0 unspecified atom stereocenters. The molecule has 0 atom stereocenters. The van der Waals surface area contributed by atoms with Crippen LogP contribution in [0.25, 0.3) is 6.08 Å². The summed E-state index contributed by atoms with van der Waals surface area (Å²) in [6.45, 7) is 4.44. The number of ether oxygens (including phenoxy) is 2. The molecule has 1 aromatic carbocycles. The molecule has 0 spiro atoms. The Morgan fingerprint density at radius 3 is 2.86 bits per heavy atom. The van der Waals surface area contributed by atoms with Crippen LogP contribution in [-0.2, 0) is 14.3 Å². The summed E-state index contributed by atoms with van der Waals surface area (Å²) in [5.41, 5.74) is 1.24. The van der Waals surface area contributed by atoms with Crippen LogP contribution in [-0.4, -0.2) is 31.6 Å². The fourth-order valence-corrected chi connectivity index (χ4v) is 1.83. The Balaban J connectivity index is 1.87. The molecule has 0 saturated heterocycles. The molecule has 5 heteroatoms. The van der Waals surface area contributed by atoms with Crippen LogP contribution in [0.4, 0.5) is 0 Å². The van der Waals surface area contributed by atoms with Crippen molar-refractivity contribution in [3.8, 4) is 5.75 Å². The van der Waals surface area contributed by atoms with Crippen molar-refractivity contribution in [2.75, 3.05) is 19.8 Å². The Bertz CT molecular complexity index is 563. The number of rotatable bonds is 5. The zero-order valence-corrected chi connectivity index (χ0v) is 12.2. The molecule has 1 N–H and O–H groups in total. The maximum absolute atomic E-state index is 11.9. The number of nitrogens with one attached hydrogen (secondary N) is 1. The topological polar surface area (TPSA) is 64.6 Å². The van der Waals surface area contributed by atoms with Gasteiger partial charge in [0.1, 0.15) is 12.4 Å². The van der Waals surface area contributed by atoms with Crippen LogP contribution in [0.5, 0.6) is 5.75 Å². The molecule has 1 amide bonds. The highest BCUT2D eigenvalue weighted by molar-refractivity contribution is 5.96.